The smallest absolute Gasteiger partial charge is 0.283 e. The molecule has 2 aromatic rings. The van der Waals surface area contributed by atoms with Gasteiger partial charge in [0.15, 0.2) is 0 Å². The van der Waals surface area contributed by atoms with Crippen LogP contribution in [0.1, 0.15) is 5.69 Å². The molecule has 0 saturated carbocycles. The van der Waals surface area contributed by atoms with Crippen LogP contribution in [-0.4, -0.2) is 28.9 Å². The maximum absolute atomic E-state index is 12.5. The molecule has 2 rings (SSSR count). The number of para-hydroxylation sites is 1. The molecule has 1 heterocycles. The minimum absolute atomic E-state index is 0.0855. The van der Waals surface area contributed by atoms with Crippen molar-refractivity contribution in [3.8, 4) is 5.69 Å². The molecule has 1 aromatic carbocycles. The van der Waals surface area contributed by atoms with Gasteiger partial charge in [-0.2, -0.15) is 0 Å². The fraction of sp³-hybridized carbons (Fsp3) is 0.308. The first kappa shape index (κ1) is 15.8. The summed E-state index contributed by atoms with van der Waals surface area (Å²) >= 11 is 3.08. The average molecular weight is 374 g/mol. The van der Waals surface area contributed by atoms with Gasteiger partial charge in [-0.15, -0.1) is 0 Å². The Bertz CT molecular complexity index is 794. The van der Waals surface area contributed by atoms with Crippen molar-refractivity contribution in [3.63, 3.8) is 0 Å². The molecule has 1 N–H and O–H groups in total. The Kier molecular flexibility index (Phi) is 4.58. The van der Waals surface area contributed by atoms with Crippen molar-refractivity contribution < 1.29 is 8.42 Å². The molecular formula is C13H16BrN3O3S. The Labute approximate surface area is 131 Å². The zero-order valence-electron chi connectivity index (χ0n) is 11.7. The Hall–Kier alpha value is -1.54. The summed E-state index contributed by atoms with van der Waals surface area (Å²) < 4.78 is 29.2. The molecule has 114 valence electrons. The molecule has 0 atom stereocenters. The molecule has 1 aromatic heterocycles. The second kappa shape index (κ2) is 6.07. The molecule has 0 radical (unpaired) electrons. The molecule has 0 spiro atoms. The molecular weight excluding hydrogens is 358 g/mol. The third-order valence-electron chi connectivity index (χ3n) is 3.16. The zero-order valence-corrected chi connectivity index (χ0v) is 14.1. The van der Waals surface area contributed by atoms with Gasteiger partial charge in [0, 0.05) is 12.4 Å². The Morgan fingerprint density at radius 2 is 1.86 bits per heavy atom. The number of benzene rings is 1. The van der Waals surface area contributed by atoms with E-state index in [2.05, 4.69) is 20.7 Å². The fourth-order valence-electron chi connectivity index (χ4n) is 1.99. The number of aromatic nitrogens is 2. The van der Waals surface area contributed by atoms with Crippen LogP contribution in [0.2, 0.25) is 0 Å². The highest BCUT2D eigenvalue weighted by molar-refractivity contribution is 9.09. The van der Waals surface area contributed by atoms with E-state index in [1.54, 1.807) is 30.8 Å². The molecule has 0 unspecified atom stereocenters. The SMILES string of the molecule is Cc1c(NS(=O)(=O)CCBr)c(=O)n(-c2ccccc2)n1C. The van der Waals surface area contributed by atoms with Crippen molar-refractivity contribution >= 4 is 31.6 Å². The summed E-state index contributed by atoms with van der Waals surface area (Å²) in [6.07, 6.45) is 0. The summed E-state index contributed by atoms with van der Waals surface area (Å²) in [4.78, 5) is 12.5. The summed E-state index contributed by atoms with van der Waals surface area (Å²) in [5.74, 6) is -0.0912. The summed E-state index contributed by atoms with van der Waals surface area (Å²) in [5, 5.41) is 0.307. The quantitative estimate of drug-likeness (QED) is 0.809. The Morgan fingerprint density at radius 3 is 2.43 bits per heavy atom. The summed E-state index contributed by atoms with van der Waals surface area (Å²) in [6.45, 7) is 1.70. The van der Waals surface area contributed by atoms with Crippen LogP contribution in [0, 0.1) is 6.92 Å². The van der Waals surface area contributed by atoms with Gasteiger partial charge in [0.1, 0.15) is 5.69 Å². The number of hydrogen-bond acceptors (Lipinski definition) is 3. The van der Waals surface area contributed by atoms with Crippen molar-refractivity contribution in [2.45, 2.75) is 6.92 Å². The molecule has 8 heteroatoms. The van der Waals surface area contributed by atoms with E-state index in [0.717, 1.165) is 0 Å². The standard InChI is InChI=1S/C13H16BrN3O3S/c1-10-12(15-21(19,20)9-8-14)13(18)17(16(10)2)11-6-4-3-5-7-11/h3-7,15H,8-9H2,1-2H3. The average Bonchev–Trinajstić information content (AvgIpc) is 2.63. The van der Waals surface area contributed by atoms with Crippen LogP contribution in [0.15, 0.2) is 35.1 Å². The lowest BCUT2D eigenvalue weighted by atomic mass is 10.3. The number of anilines is 1. The van der Waals surface area contributed by atoms with E-state index >= 15 is 0 Å². The first-order chi connectivity index (χ1) is 9.87. The van der Waals surface area contributed by atoms with Crippen LogP contribution in [0.5, 0.6) is 0 Å². The van der Waals surface area contributed by atoms with E-state index in [9.17, 15) is 13.2 Å². The highest BCUT2D eigenvalue weighted by Gasteiger charge is 2.20. The van der Waals surface area contributed by atoms with E-state index < -0.39 is 10.0 Å². The van der Waals surface area contributed by atoms with Gasteiger partial charge in [0.25, 0.3) is 5.56 Å². The molecule has 0 aliphatic rings. The van der Waals surface area contributed by atoms with Crippen molar-refractivity contribution in [1.82, 2.24) is 9.36 Å². The lowest BCUT2D eigenvalue weighted by Crippen LogP contribution is -2.24. The molecule has 0 bridgehead atoms. The van der Waals surface area contributed by atoms with E-state index in [-0.39, 0.29) is 17.0 Å². The monoisotopic (exact) mass is 373 g/mol. The van der Waals surface area contributed by atoms with Crippen LogP contribution in [0.3, 0.4) is 0 Å². The highest BCUT2D eigenvalue weighted by Crippen LogP contribution is 2.15. The number of alkyl halides is 1. The van der Waals surface area contributed by atoms with Crippen molar-refractivity contribution in [1.29, 1.82) is 0 Å². The highest BCUT2D eigenvalue weighted by atomic mass is 79.9. The first-order valence-corrected chi connectivity index (χ1v) is 9.05. The number of hydrogen-bond donors (Lipinski definition) is 1. The van der Waals surface area contributed by atoms with E-state index in [0.29, 0.717) is 16.7 Å². The van der Waals surface area contributed by atoms with E-state index in [1.165, 1.54) is 4.68 Å². The third kappa shape index (κ3) is 3.21. The first-order valence-electron chi connectivity index (χ1n) is 6.28. The van der Waals surface area contributed by atoms with Crippen LogP contribution in [0.4, 0.5) is 5.69 Å². The zero-order chi connectivity index (χ0) is 15.6. The topological polar surface area (TPSA) is 73.1 Å². The molecule has 0 fully saturated rings. The summed E-state index contributed by atoms with van der Waals surface area (Å²) in [6, 6.07) is 9.07. The normalized spacial score (nSPS) is 11.6. The van der Waals surface area contributed by atoms with Gasteiger partial charge < -0.3 is 0 Å². The van der Waals surface area contributed by atoms with Crippen LogP contribution >= 0.6 is 15.9 Å². The van der Waals surface area contributed by atoms with Gasteiger partial charge in [0.2, 0.25) is 10.0 Å². The number of nitrogens with one attached hydrogen (secondary N) is 1. The number of halogens is 1. The number of nitrogens with zero attached hydrogens (tertiary/aromatic N) is 2. The van der Waals surface area contributed by atoms with E-state index in [4.69, 9.17) is 0 Å². The van der Waals surface area contributed by atoms with Crippen LogP contribution in [-0.2, 0) is 17.1 Å². The maximum Gasteiger partial charge on any atom is 0.296 e. The second-order valence-electron chi connectivity index (χ2n) is 4.55. The van der Waals surface area contributed by atoms with Gasteiger partial charge in [-0.3, -0.25) is 14.2 Å². The lowest BCUT2D eigenvalue weighted by molar-refractivity contribution is 0.602. The van der Waals surface area contributed by atoms with Crippen LogP contribution < -0.4 is 10.3 Å². The largest absolute Gasteiger partial charge is 0.296 e. The molecule has 0 aliphatic heterocycles. The minimum Gasteiger partial charge on any atom is -0.283 e. The van der Waals surface area contributed by atoms with Gasteiger partial charge in [0.05, 0.1) is 17.1 Å². The van der Waals surface area contributed by atoms with Gasteiger partial charge in [-0.1, -0.05) is 34.1 Å². The predicted molar refractivity (Wildman–Crippen MR) is 87.0 cm³/mol. The van der Waals surface area contributed by atoms with Crippen molar-refractivity contribution in [3.05, 3.63) is 46.4 Å². The second-order valence-corrected chi connectivity index (χ2v) is 7.18. The third-order valence-corrected chi connectivity index (χ3v) is 5.34. The Morgan fingerprint density at radius 1 is 1.24 bits per heavy atom. The van der Waals surface area contributed by atoms with Crippen molar-refractivity contribution in [2.24, 2.45) is 7.05 Å². The molecule has 0 amide bonds. The minimum atomic E-state index is -3.54. The maximum atomic E-state index is 12.5. The lowest BCUT2D eigenvalue weighted by Gasteiger charge is -2.07. The van der Waals surface area contributed by atoms with Gasteiger partial charge in [-0.05, 0) is 19.1 Å². The molecule has 0 aliphatic carbocycles. The van der Waals surface area contributed by atoms with Gasteiger partial charge >= 0.3 is 0 Å². The van der Waals surface area contributed by atoms with E-state index in [1.807, 2.05) is 18.2 Å². The molecule has 21 heavy (non-hydrogen) atoms. The van der Waals surface area contributed by atoms with Crippen LogP contribution in [0.25, 0.3) is 5.69 Å². The summed E-state index contributed by atoms with van der Waals surface area (Å²) in [5.41, 5.74) is 0.933. The summed E-state index contributed by atoms with van der Waals surface area (Å²) in [7, 11) is -1.82. The van der Waals surface area contributed by atoms with Gasteiger partial charge in [-0.25, -0.2) is 13.1 Å². The fourth-order valence-corrected chi connectivity index (χ4v) is 4.12. The molecule has 6 nitrogen and oxygen atoms in total. The molecule has 0 saturated heterocycles. The Balaban J connectivity index is 2.54. The van der Waals surface area contributed by atoms with Crippen molar-refractivity contribution in [2.75, 3.05) is 15.8 Å². The number of rotatable bonds is 5. The number of sulfonamides is 1. The predicted octanol–water partition coefficient (Wildman–Crippen LogP) is 1.62.